The summed E-state index contributed by atoms with van der Waals surface area (Å²) in [6.07, 6.45) is -0.182. The van der Waals surface area contributed by atoms with Crippen molar-refractivity contribution in [2.75, 3.05) is 14.2 Å². The van der Waals surface area contributed by atoms with Crippen LogP contribution in [0.4, 0.5) is 0 Å². The molecule has 0 aliphatic rings. The van der Waals surface area contributed by atoms with E-state index in [9.17, 15) is 9.59 Å². The molecular formula is C22H28N2O4. The Morgan fingerprint density at radius 3 is 2.25 bits per heavy atom. The lowest BCUT2D eigenvalue weighted by Crippen LogP contribution is -2.39. The van der Waals surface area contributed by atoms with Crippen molar-refractivity contribution in [3.63, 3.8) is 0 Å². The summed E-state index contributed by atoms with van der Waals surface area (Å²) in [7, 11) is 3.13. The summed E-state index contributed by atoms with van der Waals surface area (Å²) in [4.78, 5) is 26.6. The van der Waals surface area contributed by atoms with Crippen molar-refractivity contribution < 1.29 is 19.1 Å². The maximum absolute atomic E-state index is 12.6. The average molecular weight is 384 g/mol. The highest BCUT2D eigenvalue weighted by Gasteiger charge is 2.20. The Morgan fingerprint density at radius 2 is 1.64 bits per heavy atom. The molecule has 0 bridgehead atoms. The van der Waals surface area contributed by atoms with Gasteiger partial charge in [-0.3, -0.25) is 9.59 Å². The summed E-state index contributed by atoms with van der Waals surface area (Å²) in [5, 5.41) is 2.79. The van der Waals surface area contributed by atoms with Gasteiger partial charge in [0.15, 0.2) is 11.5 Å². The van der Waals surface area contributed by atoms with Crippen molar-refractivity contribution in [2.45, 2.75) is 39.4 Å². The molecule has 0 fully saturated rings. The van der Waals surface area contributed by atoms with Gasteiger partial charge in [-0.1, -0.05) is 36.4 Å². The first-order chi connectivity index (χ1) is 13.4. The van der Waals surface area contributed by atoms with Gasteiger partial charge in [0.25, 0.3) is 0 Å². The van der Waals surface area contributed by atoms with Gasteiger partial charge in [-0.15, -0.1) is 0 Å². The zero-order valence-corrected chi connectivity index (χ0v) is 16.9. The molecule has 2 aromatic rings. The molecule has 0 heterocycles. The average Bonchev–Trinajstić information content (AvgIpc) is 2.70. The van der Waals surface area contributed by atoms with Gasteiger partial charge in [-0.25, -0.2) is 0 Å². The third-order valence-corrected chi connectivity index (χ3v) is 4.39. The first kappa shape index (κ1) is 21.3. The van der Waals surface area contributed by atoms with Crippen LogP contribution in [0, 0.1) is 0 Å². The summed E-state index contributed by atoms with van der Waals surface area (Å²) in [6, 6.07) is 15.2. The van der Waals surface area contributed by atoms with E-state index in [2.05, 4.69) is 5.32 Å². The molecule has 2 amide bonds. The predicted molar refractivity (Wildman–Crippen MR) is 108 cm³/mol. The zero-order chi connectivity index (χ0) is 20.5. The second-order valence-corrected chi connectivity index (χ2v) is 6.74. The number of nitrogens with zero attached hydrogens (tertiary/aromatic N) is 1. The van der Waals surface area contributed by atoms with Crippen LogP contribution in [0.3, 0.4) is 0 Å². The first-order valence-electron chi connectivity index (χ1n) is 9.25. The van der Waals surface area contributed by atoms with E-state index in [0.29, 0.717) is 24.6 Å². The Kier molecular flexibility index (Phi) is 7.87. The fourth-order valence-electron chi connectivity index (χ4n) is 2.83. The van der Waals surface area contributed by atoms with E-state index < -0.39 is 0 Å². The normalized spacial score (nSPS) is 10.5. The largest absolute Gasteiger partial charge is 0.493 e. The summed E-state index contributed by atoms with van der Waals surface area (Å²) in [5.74, 6) is 0.725. The highest BCUT2D eigenvalue weighted by Crippen LogP contribution is 2.27. The van der Waals surface area contributed by atoms with Crippen LogP contribution in [-0.2, 0) is 22.7 Å². The molecule has 6 heteroatoms. The van der Waals surface area contributed by atoms with Gasteiger partial charge in [0.1, 0.15) is 6.42 Å². The zero-order valence-electron chi connectivity index (χ0n) is 16.9. The minimum absolute atomic E-state index is 0.00588. The molecule has 6 nitrogen and oxygen atoms in total. The standard InChI is InChI=1S/C22H28N2O4/c1-16(2)24(15-17-8-6-5-7-9-17)22(26)13-21(25)23-14-18-10-11-19(27-3)20(12-18)28-4/h5-12,16H,13-15H2,1-4H3,(H,23,25). The molecular weight excluding hydrogens is 356 g/mol. The number of hydrogen-bond donors (Lipinski definition) is 1. The molecule has 0 radical (unpaired) electrons. The second kappa shape index (κ2) is 10.3. The number of nitrogens with one attached hydrogen (secondary N) is 1. The van der Waals surface area contributed by atoms with Crippen LogP contribution in [0.15, 0.2) is 48.5 Å². The molecule has 0 aromatic heterocycles. The number of hydrogen-bond acceptors (Lipinski definition) is 4. The molecule has 0 aliphatic carbocycles. The van der Waals surface area contributed by atoms with Crippen LogP contribution in [0.5, 0.6) is 11.5 Å². The van der Waals surface area contributed by atoms with Crippen molar-refractivity contribution in [3.05, 3.63) is 59.7 Å². The van der Waals surface area contributed by atoms with Gasteiger partial charge >= 0.3 is 0 Å². The van der Waals surface area contributed by atoms with Crippen LogP contribution in [0.1, 0.15) is 31.4 Å². The van der Waals surface area contributed by atoms with Crippen molar-refractivity contribution in [1.82, 2.24) is 10.2 Å². The number of carbonyl (C=O) groups is 2. The summed E-state index contributed by atoms with van der Waals surface area (Å²) in [6.45, 7) is 4.69. The topological polar surface area (TPSA) is 67.9 Å². The third-order valence-electron chi connectivity index (χ3n) is 4.39. The summed E-state index contributed by atoms with van der Waals surface area (Å²) in [5.41, 5.74) is 1.90. The molecule has 2 aromatic carbocycles. The van der Waals surface area contributed by atoms with Gasteiger partial charge in [0.05, 0.1) is 14.2 Å². The Hall–Kier alpha value is -3.02. The molecule has 150 valence electrons. The lowest BCUT2D eigenvalue weighted by atomic mass is 10.1. The number of ether oxygens (including phenoxy) is 2. The molecule has 2 rings (SSSR count). The molecule has 0 spiro atoms. The van der Waals surface area contributed by atoms with Gasteiger partial charge < -0.3 is 19.7 Å². The van der Waals surface area contributed by atoms with Gasteiger partial charge in [-0.2, -0.15) is 0 Å². The predicted octanol–water partition coefficient (Wildman–Crippen LogP) is 3.15. The minimum Gasteiger partial charge on any atom is -0.493 e. The minimum atomic E-state index is -0.307. The van der Waals surface area contributed by atoms with E-state index in [1.54, 1.807) is 31.3 Å². The Bertz CT molecular complexity index is 790. The van der Waals surface area contributed by atoms with Crippen molar-refractivity contribution in [2.24, 2.45) is 0 Å². The van der Waals surface area contributed by atoms with Crippen molar-refractivity contribution in [3.8, 4) is 11.5 Å². The van der Waals surface area contributed by atoms with E-state index in [1.807, 2.05) is 50.2 Å². The second-order valence-electron chi connectivity index (χ2n) is 6.74. The highest BCUT2D eigenvalue weighted by molar-refractivity contribution is 5.96. The summed E-state index contributed by atoms with van der Waals surface area (Å²) < 4.78 is 10.5. The van der Waals surface area contributed by atoms with E-state index in [1.165, 1.54) is 0 Å². The van der Waals surface area contributed by atoms with Crippen LogP contribution in [0.25, 0.3) is 0 Å². The molecule has 0 saturated heterocycles. The van der Waals surface area contributed by atoms with E-state index in [0.717, 1.165) is 11.1 Å². The number of benzene rings is 2. The maximum Gasteiger partial charge on any atom is 0.232 e. The molecule has 0 saturated carbocycles. The molecule has 0 unspecified atom stereocenters. The van der Waals surface area contributed by atoms with Crippen molar-refractivity contribution in [1.29, 1.82) is 0 Å². The van der Waals surface area contributed by atoms with Gasteiger partial charge in [-0.05, 0) is 37.1 Å². The fourth-order valence-corrected chi connectivity index (χ4v) is 2.83. The Balaban J connectivity index is 1.92. The highest BCUT2D eigenvalue weighted by atomic mass is 16.5. The lowest BCUT2D eigenvalue weighted by Gasteiger charge is -2.26. The van der Waals surface area contributed by atoms with Crippen LogP contribution < -0.4 is 14.8 Å². The Labute approximate surface area is 166 Å². The van der Waals surface area contributed by atoms with E-state index >= 15 is 0 Å². The van der Waals surface area contributed by atoms with Gasteiger partial charge in [0, 0.05) is 19.1 Å². The molecule has 0 aliphatic heterocycles. The third kappa shape index (κ3) is 6.01. The van der Waals surface area contributed by atoms with Crippen LogP contribution in [-0.4, -0.2) is 37.0 Å². The summed E-state index contributed by atoms with van der Waals surface area (Å²) >= 11 is 0. The van der Waals surface area contributed by atoms with Crippen LogP contribution >= 0.6 is 0 Å². The van der Waals surface area contributed by atoms with Gasteiger partial charge in [0.2, 0.25) is 11.8 Å². The SMILES string of the molecule is COc1ccc(CNC(=O)CC(=O)N(Cc2ccccc2)C(C)C)cc1OC. The number of methoxy groups -OCH3 is 2. The number of carbonyl (C=O) groups excluding carboxylic acids is 2. The number of amides is 2. The lowest BCUT2D eigenvalue weighted by molar-refractivity contribution is -0.138. The van der Waals surface area contributed by atoms with E-state index in [4.69, 9.17) is 9.47 Å². The Morgan fingerprint density at radius 1 is 0.964 bits per heavy atom. The first-order valence-corrected chi connectivity index (χ1v) is 9.25. The van der Waals surface area contributed by atoms with Crippen molar-refractivity contribution >= 4 is 11.8 Å². The molecule has 0 atom stereocenters. The smallest absolute Gasteiger partial charge is 0.232 e. The molecule has 28 heavy (non-hydrogen) atoms. The monoisotopic (exact) mass is 384 g/mol. The van der Waals surface area contributed by atoms with Crippen LogP contribution in [0.2, 0.25) is 0 Å². The maximum atomic E-state index is 12.6. The quantitative estimate of drug-likeness (QED) is 0.675. The fraction of sp³-hybridized carbons (Fsp3) is 0.364. The number of rotatable bonds is 9. The molecule has 1 N–H and O–H groups in total. The van der Waals surface area contributed by atoms with E-state index in [-0.39, 0.29) is 24.3 Å².